The topological polar surface area (TPSA) is 143 Å². The van der Waals surface area contributed by atoms with Gasteiger partial charge in [0.15, 0.2) is 11.3 Å². The Hall–Kier alpha value is -4.12. The number of amides is 2. The molecule has 0 fully saturated rings. The van der Waals surface area contributed by atoms with E-state index in [-0.39, 0.29) is 23.1 Å². The molecule has 5 N–H and O–H groups in total. The molecule has 2 aromatic carbocycles. The highest BCUT2D eigenvalue weighted by Gasteiger charge is 2.18. The molecule has 4 aromatic rings. The third-order valence-corrected chi connectivity index (χ3v) is 4.97. The minimum atomic E-state index is -1.15. The Morgan fingerprint density at radius 2 is 1.73 bits per heavy atom. The van der Waals surface area contributed by atoms with Crippen LogP contribution < -0.4 is 16.4 Å². The molecule has 0 aliphatic carbocycles. The van der Waals surface area contributed by atoms with Crippen LogP contribution in [-0.2, 0) is 0 Å². The Bertz CT molecular complexity index is 1320. The number of hydrogen-bond donors (Lipinski definition) is 4. The highest BCUT2D eigenvalue weighted by atomic mass is 79.9. The summed E-state index contributed by atoms with van der Waals surface area (Å²) in [7, 11) is 1.47. The van der Waals surface area contributed by atoms with Gasteiger partial charge in [0.25, 0.3) is 0 Å². The van der Waals surface area contributed by atoms with E-state index in [4.69, 9.17) is 0 Å². The van der Waals surface area contributed by atoms with E-state index in [2.05, 4.69) is 47.2 Å². The van der Waals surface area contributed by atoms with Gasteiger partial charge in [0.05, 0.1) is 0 Å². The van der Waals surface area contributed by atoms with E-state index in [1.807, 2.05) is 24.3 Å². The number of carboxylic acids is 1. The zero-order chi connectivity index (χ0) is 24.0. The number of nitrogens with zero attached hydrogens (tertiary/aromatic N) is 3. The van der Waals surface area contributed by atoms with Gasteiger partial charge in [-0.3, -0.25) is 0 Å². The number of fused-ring (bicyclic) bond motifs is 1. The Morgan fingerprint density at radius 3 is 2.33 bits per heavy atom. The fraction of sp³-hybridized carbons (Fsp3) is 0.0455. The van der Waals surface area contributed by atoms with E-state index < -0.39 is 12.0 Å². The zero-order valence-electron chi connectivity index (χ0n) is 17.2. The Labute approximate surface area is 196 Å². The van der Waals surface area contributed by atoms with Crippen LogP contribution >= 0.6 is 15.9 Å². The van der Waals surface area contributed by atoms with Crippen molar-refractivity contribution in [3.05, 3.63) is 76.8 Å². The molecule has 0 spiro atoms. The molecule has 0 saturated carbocycles. The Balaban J connectivity index is 0.000000555. The molecular weight excluding hydrogens is 495 g/mol. The van der Waals surface area contributed by atoms with Gasteiger partial charge in [-0.2, -0.15) is 4.98 Å². The van der Waals surface area contributed by atoms with Crippen LogP contribution in [0.4, 0.5) is 20.8 Å². The van der Waals surface area contributed by atoms with Gasteiger partial charge < -0.3 is 21.5 Å². The van der Waals surface area contributed by atoms with Gasteiger partial charge in [-0.05, 0) is 42.0 Å². The van der Waals surface area contributed by atoms with Crippen molar-refractivity contribution in [2.45, 2.75) is 0 Å². The number of pyridine rings is 1. The van der Waals surface area contributed by atoms with Crippen LogP contribution in [0.5, 0.6) is 0 Å². The molecule has 2 heterocycles. The SMILES string of the molecule is CNC(N)=O.O=C(O)c1nc2nc(Nc3ccc(F)cc3)ncc2cc1-c1ccccc1Br. The molecule has 0 bridgehead atoms. The van der Waals surface area contributed by atoms with Crippen LogP contribution in [0.1, 0.15) is 10.5 Å². The third-order valence-electron chi connectivity index (χ3n) is 4.28. The average Bonchev–Trinajstić information content (AvgIpc) is 2.80. The molecule has 0 unspecified atom stereocenters. The van der Waals surface area contributed by atoms with Gasteiger partial charge in [0, 0.05) is 34.4 Å². The normalized spacial score (nSPS) is 10.2. The van der Waals surface area contributed by atoms with E-state index in [1.165, 1.54) is 19.2 Å². The summed E-state index contributed by atoms with van der Waals surface area (Å²) in [4.78, 5) is 34.0. The number of rotatable bonds is 4. The first kappa shape index (κ1) is 23.5. The first-order valence-electron chi connectivity index (χ1n) is 9.44. The highest BCUT2D eigenvalue weighted by molar-refractivity contribution is 9.10. The third kappa shape index (κ3) is 5.98. The van der Waals surface area contributed by atoms with Gasteiger partial charge in [0.1, 0.15) is 5.82 Å². The molecule has 0 aliphatic heterocycles. The predicted octanol–water partition coefficient (Wildman–Crippen LogP) is 4.32. The summed E-state index contributed by atoms with van der Waals surface area (Å²) in [6, 6.07) is 14.2. The predicted molar refractivity (Wildman–Crippen MR) is 126 cm³/mol. The van der Waals surface area contributed by atoms with Gasteiger partial charge in [-0.25, -0.2) is 23.9 Å². The largest absolute Gasteiger partial charge is 0.476 e. The van der Waals surface area contributed by atoms with Crippen LogP contribution in [0.15, 0.2) is 65.3 Å². The minimum Gasteiger partial charge on any atom is -0.476 e. The lowest BCUT2D eigenvalue weighted by Crippen LogP contribution is -2.24. The van der Waals surface area contributed by atoms with Crippen molar-refractivity contribution >= 4 is 50.6 Å². The summed E-state index contributed by atoms with van der Waals surface area (Å²) in [5, 5.41) is 15.3. The molecule has 168 valence electrons. The summed E-state index contributed by atoms with van der Waals surface area (Å²) < 4.78 is 13.8. The van der Waals surface area contributed by atoms with Crippen molar-refractivity contribution in [2.24, 2.45) is 5.73 Å². The summed E-state index contributed by atoms with van der Waals surface area (Å²) >= 11 is 3.45. The van der Waals surface area contributed by atoms with Gasteiger partial charge >= 0.3 is 12.0 Å². The fourth-order valence-electron chi connectivity index (χ4n) is 2.73. The second kappa shape index (κ2) is 10.5. The number of nitrogens with one attached hydrogen (secondary N) is 2. The number of aromatic carboxylic acids is 1. The molecule has 2 aromatic heterocycles. The van der Waals surface area contributed by atoms with E-state index in [1.54, 1.807) is 24.4 Å². The lowest BCUT2D eigenvalue weighted by Gasteiger charge is -2.10. The van der Waals surface area contributed by atoms with Crippen molar-refractivity contribution in [3.8, 4) is 11.1 Å². The number of halogens is 2. The molecule has 0 saturated heterocycles. The van der Waals surface area contributed by atoms with E-state index in [0.717, 1.165) is 4.47 Å². The molecule has 2 amide bonds. The van der Waals surface area contributed by atoms with Crippen molar-refractivity contribution in [1.29, 1.82) is 0 Å². The zero-order valence-corrected chi connectivity index (χ0v) is 18.8. The van der Waals surface area contributed by atoms with Gasteiger partial charge in [-0.1, -0.05) is 34.1 Å². The molecule has 0 aliphatic rings. The van der Waals surface area contributed by atoms with Crippen molar-refractivity contribution in [1.82, 2.24) is 20.3 Å². The van der Waals surface area contributed by atoms with Gasteiger partial charge in [0.2, 0.25) is 5.95 Å². The van der Waals surface area contributed by atoms with Crippen LogP contribution in [-0.4, -0.2) is 39.1 Å². The van der Waals surface area contributed by atoms with Crippen LogP contribution in [0.3, 0.4) is 0 Å². The molecule has 4 rings (SSSR count). The number of benzene rings is 2. The van der Waals surface area contributed by atoms with Crippen LogP contribution in [0.25, 0.3) is 22.2 Å². The number of carbonyl (C=O) groups excluding carboxylic acids is 1. The second-order valence-electron chi connectivity index (χ2n) is 6.52. The van der Waals surface area contributed by atoms with Crippen LogP contribution in [0.2, 0.25) is 0 Å². The summed E-state index contributed by atoms with van der Waals surface area (Å²) in [5.41, 5.74) is 6.46. The summed E-state index contributed by atoms with van der Waals surface area (Å²) in [6.07, 6.45) is 1.56. The lowest BCUT2D eigenvalue weighted by molar-refractivity contribution is 0.0691. The quantitative estimate of drug-likeness (QED) is 0.318. The van der Waals surface area contributed by atoms with Crippen molar-refractivity contribution < 1.29 is 19.1 Å². The maximum atomic E-state index is 13.0. The smallest absolute Gasteiger partial charge is 0.355 e. The first-order valence-corrected chi connectivity index (χ1v) is 10.2. The molecule has 33 heavy (non-hydrogen) atoms. The van der Waals surface area contributed by atoms with E-state index in [0.29, 0.717) is 22.2 Å². The fourth-order valence-corrected chi connectivity index (χ4v) is 3.23. The molecular formula is C22H18BrFN6O3. The van der Waals surface area contributed by atoms with Crippen LogP contribution in [0, 0.1) is 5.82 Å². The molecule has 0 radical (unpaired) electrons. The number of hydrogen-bond acceptors (Lipinski definition) is 6. The van der Waals surface area contributed by atoms with Crippen molar-refractivity contribution in [2.75, 3.05) is 12.4 Å². The first-order chi connectivity index (χ1) is 15.8. The number of urea groups is 1. The molecule has 0 atom stereocenters. The lowest BCUT2D eigenvalue weighted by atomic mass is 10.0. The van der Waals surface area contributed by atoms with E-state index in [9.17, 15) is 19.1 Å². The van der Waals surface area contributed by atoms with Crippen molar-refractivity contribution in [3.63, 3.8) is 0 Å². The standard InChI is InChI=1S/C20H12BrFN4O2.C2H6N2O/c21-16-4-2-1-3-14(16)15-9-11-10-23-20(24-13-7-5-12(22)6-8-13)26-18(11)25-17(15)19(27)28;1-4-2(3)5/h1-10H,(H,27,28)(H,23,24,25,26);1H3,(H3,3,4,5). The number of carboxylic acid groups (broad SMARTS) is 1. The molecule has 9 nitrogen and oxygen atoms in total. The highest BCUT2D eigenvalue weighted by Crippen LogP contribution is 2.32. The summed E-state index contributed by atoms with van der Waals surface area (Å²) in [5.74, 6) is -1.27. The maximum absolute atomic E-state index is 13.0. The minimum absolute atomic E-state index is 0.106. The second-order valence-corrected chi connectivity index (χ2v) is 7.38. The Kier molecular flexibility index (Phi) is 7.46. The number of nitrogens with two attached hydrogens (primary N) is 1. The Morgan fingerprint density at radius 1 is 1.06 bits per heavy atom. The van der Waals surface area contributed by atoms with Gasteiger partial charge in [-0.15, -0.1) is 0 Å². The number of aromatic nitrogens is 3. The maximum Gasteiger partial charge on any atom is 0.355 e. The van der Waals surface area contributed by atoms with E-state index >= 15 is 0 Å². The number of carbonyl (C=O) groups is 2. The number of anilines is 2. The average molecular weight is 513 g/mol. The molecule has 11 heteroatoms. The monoisotopic (exact) mass is 512 g/mol. The summed E-state index contributed by atoms with van der Waals surface area (Å²) in [6.45, 7) is 0. The number of primary amides is 1.